The maximum absolute atomic E-state index is 14.1. The summed E-state index contributed by atoms with van der Waals surface area (Å²) in [6, 6.07) is 31.2. The molecular weight excluding hydrogens is 482 g/mol. The zero-order chi connectivity index (χ0) is 26.0. The van der Waals surface area contributed by atoms with Gasteiger partial charge < -0.3 is 4.74 Å². The van der Waals surface area contributed by atoms with E-state index >= 15 is 0 Å². The zero-order valence-corrected chi connectivity index (χ0v) is 21.5. The summed E-state index contributed by atoms with van der Waals surface area (Å²) in [7, 11) is -2.41. The number of para-hydroxylation sites is 2. The Morgan fingerprint density at radius 3 is 2.19 bits per heavy atom. The number of rotatable bonds is 8. The number of aryl methyl sites for hydroxylation is 1. The Bertz CT molecular complexity index is 1690. The molecule has 0 amide bonds. The fourth-order valence-corrected chi connectivity index (χ4v) is 6.33. The number of hydrogen-bond acceptors (Lipinski definition) is 4. The summed E-state index contributed by atoms with van der Waals surface area (Å²) in [6.07, 6.45) is 0.362. The van der Waals surface area contributed by atoms with Gasteiger partial charge in [0.25, 0.3) is 10.0 Å². The highest BCUT2D eigenvalue weighted by Gasteiger charge is 2.28. The Labute approximate surface area is 217 Å². The minimum Gasteiger partial charge on any atom is -0.496 e. The van der Waals surface area contributed by atoms with Crippen molar-refractivity contribution in [1.29, 1.82) is 0 Å². The van der Waals surface area contributed by atoms with Gasteiger partial charge in [0.15, 0.2) is 5.78 Å². The molecule has 0 saturated heterocycles. The number of carbonyl (C=O) groups excluding carboxylic acids is 1. The van der Waals surface area contributed by atoms with Crippen molar-refractivity contribution in [3.05, 3.63) is 120 Å². The van der Waals surface area contributed by atoms with Crippen LogP contribution in [-0.2, 0) is 16.4 Å². The van der Waals surface area contributed by atoms with Crippen LogP contribution in [0, 0.1) is 6.92 Å². The van der Waals surface area contributed by atoms with Gasteiger partial charge in [0.2, 0.25) is 0 Å². The smallest absolute Gasteiger partial charge is 0.268 e. The van der Waals surface area contributed by atoms with E-state index in [2.05, 4.69) is 0 Å². The molecule has 1 aromatic heterocycles. The van der Waals surface area contributed by atoms with Crippen LogP contribution < -0.4 is 4.74 Å². The summed E-state index contributed by atoms with van der Waals surface area (Å²) < 4.78 is 35.0. The lowest BCUT2D eigenvalue weighted by atomic mass is 9.98. The maximum Gasteiger partial charge on any atom is 0.268 e. The van der Waals surface area contributed by atoms with Crippen molar-refractivity contribution in [3.8, 4) is 16.9 Å². The second kappa shape index (κ2) is 10.1. The second-order valence-electron chi connectivity index (χ2n) is 8.91. The van der Waals surface area contributed by atoms with Crippen LogP contribution in [0.25, 0.3) is 22.0 Å². The van der Waals surface area contributed by atoms with Crippen LogP contribution in [0.15, 0.2) is 108 Å². The van der Waals surface area contributed by atoms with E-state index in [0.29, 0.717) is 22.5 Å². The molecule has 6 heteroatoms. The van der Waals surface area contributed by atoms with E-state index in [0.717, 1.165) is 22.1 Å². The van der Waals surface area contributed by atoms with Gasteiger partial charge in [0.1, 0.15) is 5.75 Å². The van der Waals surface area contributed by atoms with Crippen molar-refractivity contribution in [2.45, 2.75) is 24.7 Å². The Balaban J connectivity index is 1.71. The molecule has 0 saturated carbocycles. The van der Waals surface area contributed by atoms with Crippen molar-refractivity contribution in [3.63, 3.8) is 0 Å². The lowest BCUT2D eigenvalue weighted by Gasteiger charge is -2.14. The normalized spacial score (nSPS) is 11.5. The molecule has 0 atom stereocenters. The molecule has 0 N–H and O–H groups in total. The Hall–Kier alpha value is -4.16. The highest BCUT2D eigenvalue weighted by Crippen LogP contribution is 2.38. The summed E-state index contributed by atoms with van der Waals surface area (Å²) in [5.74, 6) is 0.393. The van der Waals surface area contributed by atoms with Crippen LogP contribution in [-0.4, -0.2) is 25.3 Å². The van der Waals surface area contributed by atoms with Crippen LogP contribution in [0.1, 0.15) is 28.0 Å². The molecule has 186 valence electrons. The summed E-state index contributed by atoms with van der Waals surface area (Å²) >= 11 is 0. The van der Waals surface area contributed by atoms with E-state index in [1.807, 2.05) is 67.6 Å². The number of aromatic nitrogens is 1. The molecular formula is C31H27NO4S. The summed E-state index contributed by atoms with van der Waals surface area (Å²) in [4.78, 5) is 13.5. The standard InChI is InChI=1S/C31H27NO4S/c1-22-16-18-24(19-17-22)37(34,35)32-27-14-8-6-12-25(27)31(23-10-4-3-5-11-23)28(32)20-21-29(33)26-13-7-9-15-30(26)36-2/h3-19H,20-21H2,1-2H3. The van der Waals surface area contributed by atoms with E-state index in [1.165, 1.54) is 11.1 Å². The molecule has 4 aromatic carbocycles. The van der Waals surface area contributed by atoms with Crippen molar-refractivity contribution >= 4 is 26.7 Å². The third-order valence-corrected chi connectivity index (χ3v) is 8.31. The number of hydrogen-bond donors (Lipinski definition) is 0. The second-order valence-corrected chi connectivity index (χ2v) is 10.7. The predicted octanol–water partition coefficient (Wildman–Crippen LogP) is 6.68. The van der Waals surface area contributed by atoms with Crippen molar-refractivity contribution < 1.29 is 17.9 Å². The van der Waals surface area contributed by atoms with Gasteiger partial charge in [-0.25, -0.2) is 12.4 Å². The molecule has 37 heavy (non-hydrogen) atoms. The van der Waals surface area contributed by atoms with E-state index in [1.54, 1.807) is 42.5 Å². The Morgan fingerprint density at radius 2 is 1.46 bits per heavy atom. The minimum atomic E-state index is -3.94. The highest BCUT2D eigenvalue weighted by molar-refractivity contribution is 7.90. The van der Waals surface area contributed by atoms with Gasteiger partial charge in [-0.05, 0) is 49.2 Å². The average molecular weight is 510 g/mol. The van der Waals surface area contributed by atoms with E-state index in [9.17, 15) is 13.2 Å². The molecule has 0 aliphatic rings. The fraction of sp³-hybridized carbons (Fsp3) is 0.129. The summed E-state index contributed by atoms with van der Waals surface area (Å²) in [6.45, 7) is 1.92. The zero-order valence-electron chi connectivity index (χ0n) is 20.7. The van der Waals surface area contributed by atoms with Gasteiger partial charge in [0, 0.05) is 23.1 Å². The lowest BCUT2D eigenvalue weighted by molar-refractivity contribution is 0.0979. The summed E-state index contributed by atoms with van der Waals surface area (Å²) in [5, 5.41) is 0.823. The largest absolute Gasteiger partial charge is 0.496 e. The van der Waals surface area contributed by atoms with Gasteiger partial charge >= 0.3 is 0 Å². The molecule has 5 rings (SSSR count). The van der Waals surface area contributed by atoms with E-state index < -0.39 is 10.0 Å². The molecule has 0 fully saturated rings. The lowest BCUT2D eigenvalue weighted by Crippen LogP contribution is -2.17. The van der Waals surface area contributed by atoms with Gasteiger partial charge in [-0.2, -0.15) is 0 Å². The quantitative estimate of drug-likeness (QED) is 0.219. The first-order valence-electron chi connectivity index (χ1n) is 12.1. The van der Waals surface area contributed by atoms with Gasteiger partial charge in [-0.3, -0.25) is 4.79 Å². The number of ketones is 1. The van der Waals surface area contributed by atoms with Crippen LogP contribution in [0.5, 0.6) is 5.75 Å². The number of benzene rings is 4. The SMILES string of the molecule is COc1ccccc1C(=O)CCc1c(-c2ccccc2)c2ccccc2n1S(=O)(=O)c1ccc(C)cc1. The van der Waals surface area contributed by atoms with Gasteiger partial charge in [-0.1, -0.05) is 78.4 Å². The molecule has 0 unspecified atom stereocenters. The van der Waals surface area contributed by atoms with Crippen LogP contribution >= 0.6 is 0 Å². The number of Topliss-reactive ketones (excluding diaryl/α,β-unsaturated/α-hetero) is 1. The number of fused-ring (bicyclic) bond motifs is 1. The number of methoxy groups -OCH3 is 1. The Morgan fingerprint density at radius 1 is 0.811 bits per heavy atom. The first kappa shape index (κ1) is 24.5. The molecule has 1 heterocycles. The molecule has 5 aromatic rings. The molecule has 0 aliphatic heterocycles. The van der Waals surface area contributed by atoms with E-state index in [4.69, 9.17) is 4.74 Å². The topological polar surface area (TPSA) is 65.4 Å². The third kappa shape index (κ3) is 4.56. The van der Waals surface area contributed by atoms with Crippen LogP contribution in [0.3, 0.4) is 0 Å². The Kier molecular flexibility index (Phi) is 6.68. The number of carbonyl (C=O) groups is 1. The van der Waals surface area contributed by atoms with Crippen molar-refractivity contribution in [1.82, 2.24) is 3.97 Å². The first-order chi connectivity index (χ1) is 17.9. The molecule has 5 nitrogen and oxygen atoms in total. The number of ether oxygens (including phenoxy) is 1. The minimum absolute atomic E-state index is 0.110. The first-order valence-corrected chi connectivity index (χ1v) is 13.5. The average Bonchev–Trinajstić information content (AvgIpc) is 3.27. The van der Waals surface area contributed by atoms with Crippen LogP contribution in [0.2, 0.25) is 0 Å². The van der Waals surface area contributed by atoms with Gasteiger partial charge in [0.05, 0.1) is 23.1 Å². The van der Waals surface area contributed by atoms with Crippen molar-refractivity contribution in [2.24, 2.45) is 0 Å². The van der Waals surface area contributed by atoms with Gasteiger partial charge in [-0.15, -0.1) is 0 Å². The molecule has 0 spiro atoms. The summed E-state index contributed by atoms with van der Waals surface area (Å²) in [5.41, 5.74) is 4.34. The fourth-order valence-electron chi connectivity index (χ4n) is 4.75. The third-order valence-electron chi connectivity index (χ3n) is 6.54. The molecule has 0 aliphatic carbocycles. The maximum atomic E-state index is 14.1. The number of nitrogens with zero attached hydrogens (tertiary/aromatic N) is 1. The molecule has 0 radical (unpaired) electrons. The van der Waals surface area contributed by atoms with E-state index in [-0.39, 0.29) is 23.5 Å². The predicted molar refractivity (Wildman–Crippen MR) is 147 cm³/mol. The highest BCUT2D eigenvalue weighted by atomic mass is 32.2. The van der Waals surface area contributed by atoms with Crippen LogP contribution in [0.4, 0.5) is 0 Å². The molecule has 0 bridgehead atoms. The monoisotopic (exact) mass is 509 g/mol. The van der Waals surface area contributed by atoms with Crippen molar-refractivity contribution in [2.75, 3.05) is 7.11 Å².